The zero-order valence-electron chi connectivity index (χ0n) is 9.93. The van der Waals surface area contributed by atoms with Crippen LogP contribution in [0.25, 0.3) is 0 Å². The van der Waals surface area contributed by atoms with Crippen LogP contribution in [0.1, 0.15) is 18.4 Å². The molecular weight excluding hydrogens is 218 g/mol. The predicted octanol–water partition coefficient (Wildman–Crippen LogP) is 1.88. The monoisotopic (exact) mass is 235 g/mol. The lowest BCUT2D eigenvalue weighted by atomic mass is 10.2. The summed E-state index contributed by atoms with van der Waals surface area (Å²) in [7, 11) is 1.63. The minimum Gasteiger partial charge on any atom is -0.497 e. The van der Waals surface area contributed by atoms with Crippen LogP contribution < -0.4 is 4.74 Å². The molecule has 0 aromatic heterocycles. The summed E-state index contributed by atoms with van der Waals surface area (Å²) in [5, 5.41) is 17.7. The zero-order chi connectivity index (χ0) is 12.5. The summed E-state index contributed by atoms with van der Waals surface area (Å²) in [6.45, 7) is 0.956. The number of aliphatic hydroxyl groups excluding tert-OH is 1. The normalized spacial score (nSPS) is 11.8. The third kappa shape index (κ3) is 5.34. The fourth-order valence-electron chi connectivity index (χ4n) is 1.34. The maximum absolute atomic E-state index is 9.30. The molecule has 1 rings (SSSR count). The summed E-state index contributed by atoms with van der Waals surface area (Å²) in [6, 6.07) is 9.55. The Morgan fingerprint density at radius 1 is 1.35 bits per heavy atom. The fourth-order valence-corrected chi connectivity index (χ4v) is 1.34. The number of ether oxygens (including phenoxy) is 2. The Balaban J connectivity index is 2.20. The molecule has 0 bridgehead atoms. The smallest absolute Gasteiger partial charge is 0.118 e. The van der Waals surface area contributed by atoms with Crippen LogP contribution in [0.5, 0.6) is 5.75 Å². The van der Waals surface area contributed by atoms with E-state index in [1.165, 1.54) is 0 Å². The van der Waals surface area contributed by atoms with Gasteiger partial charge in [-0.05, 0) is 24.1 Å². The van der Waals surface area contributed by atoms with Crippen LogP contribution in [0.3, 0.4) is 0 Å². The average Bonchev–Trinajstić information content (AvgIpc) is 2.36. The highest BCUT2D eigenvalue weighted by molar-refractivity contribution is 5.26. The number of nitrogens with zero attached hydrogens (tertiary/aromatic N) is 1. The SMILES string of the molecule is COc1ccc(COCC[C@H](O)CC#N)cc1. The van der Waals surface area contributed by atoms with E-state index in [2.05, 4.69) is 0 Å². The van der Waals surface area contributed by atoms with Crippen LogP contribution in [0, 0.1) is 11.3 Å². The minimum atomic E-state index is -0.587. The number of rotatable bonds is 7. The van der Waals surface area contributed by atoms with Crippen LogP contribution in [-0.4, -0.2) is 24.9 Å². The van der Waals surface area contributed by atoms with Crippen molar-refractivity contribution in [3.05, 3.63) is 29.8 Å². The van der Waals surface area contributed by atoms with Gasteiger partial charge in [0.05, 0.1) is 32.3 Å². The number of nitriles is 1. The predicted molar refractivity (Wildman–Crippen MR) is 63.5 cm³/mol. The van der Waals surface area contributed by atoms with E-state index in [0.29, 0.717) is 19.6 Å². The molecule has 92 valence electrons. The number of hydrogen-bond donors (Lipinski definition) is 1. The molecule has 0 saturated carbocycles. The van der Waals surface area contributed by atoms with Crippen LogP contribution in [0.15, 0.2) is 24.3 Å². The molecule has 0 saturated heterocycles. The van der Waals surface area contributed by atoms with Crippen molar-refractivity contribution < 1.29 is 14.6 Å². The second-order valence-electron chi connectivity index (χ2n) is 3.71. The van der Waals surface area contributed by atoms with E-state index in [1.54, 1.807) is 7.11 Å². The summed E-state index contributed by atoms with van der Waals surface area (Å²) in [5.41, 5.74) is 1.06. The van der Waals surface area contributed by atoms with Crippen LogP contribution >= 0.6 is 0 Å². The van der Waals surface area contributed by atoms with Crippen LogP contribution in [-0.2, 0) is 11.3 Å². The maximum Gasteiger partial charge on any atom is 0.118 e. The number of benzene rings is 1. The van der Waals surface area contributed by atoms with Gasteiger partial charge >= 0.3 is 0 Å². The van der Waals surface area contributed by atoms with Gasteiger partial charge < -0.3 is 14.6 Å². The molecule has 4 heteroatoms. The Kier molecular flexibility index (Phi) is 6.08. The third-order valence-corrected chi connectivity index (χ3v) is 2.35. The number of hydrogen-bond acceptors (Lipinski definition) is 4. The molecule has 4 nitrogen and oxygen atoms in total. The van der Waals surface area contributed by atoms with E-state index in [0.717, 1.165) is 11.3 Å². The highest BCUT2D eigenvalue weighted by Gasteiger charge is 2.02. The molecular formula is C13H17NO3. The minimum absolute atomic E-state index is 0.159. The van der Waals surface area contributed by atoms with Crippen molar-refractivity contribution in [3.63, 3.8) is 0 Å². The lowest BCUT2D eigenvalue weighted by Gasteiger charge is -2.07. The molecule has 1 aromatic carbocycles. The molecule has 1 N–H and O–H groups in total. The Hall–Kier alpha value is -1.57. The van der Waals surface area contributed by atoms with Gasteiger partial charge in [-0.3, -0.25) is 0 Å². The molecule has 0 heterocycles. The van der Waals surface area contributed by atoms with E-state index >= 15 is 0 Å². The van der Waals surface area contributed by atoms with Crippen molar-refractivity contribution in [2.75, 3.05) is 13.7 Å². The quantitative estimate of drug-likeness (QED) is 0.733. The third-order valence-electron chi connectivity index (χ3n) is 2.35. The Labute approximate surface area is 101 Å². The first-order chi connectivity index (χ1) is 8.26. The zero-order valence-corrected chi connectivity index (χ0v) is 9.93. The van der Waals surface area contributed by atoms with Crippen molar-refractivity contribution in [3.8, 4) is 11.8 Å². The van der Waals surface area contributed by atoms with Crippen LogP contribution in [0.4, 0.5) is 0 Å². The van der Waals surface area contributed by atoms with E-state index in [4.69, 9.17) is 14.7 Å². The molecule has 0 amide bonds. The van der Waals surface area contributed by atoms with E-state index in [9.17, 15) is 5.11 Å². The second kappa shape index (κ2) is 7.66. The van der Waals surface area contributed by atoms with Crippen molar-refractivity contribution >= 4 is 0 Å². The van der Waals surface area contributed by atoms with Gasteiger partial charge in [-0.15, -0.1) is 0 Å². The number of aliphatic hydroxyl groups is 1. The molecule has 0 spiro atoms. The van der Waals surface area contributed by atoms with Gasteiger partial charge in [-0.2, -0.15) is 5.26 Å². The van der Waals surface area contributed by atoms with Gasteiger partial charge in [0.15, 0.2) is 0 Å². The lowest BCUT2D eigenvalue weighted by molar-refractivity contribution is 0.0752. The summed E-state index contributed by atoms with van der Waals surface area (Å²) in [6.07, 6.45) is 0.0613. The van der Waals surface area contributed by atoms with Gasteiger partial charge in [0.25, 0.3) is 0 Å². The summed E-state index contributed by atoms with van der Waals surface area (Å²) in [4.78, 5) is 0. The highest BCUT2D eigenvalue weighted by atomic mass is 16.5. The summed E-state index contributed by atoms with van der Waals surface area (Å²) < 4.78 is 10.4. The Morgan fingerprint density at radius 2 is 2.06 bits per heavy atom. The first-order valence-corrected chi connectivity index (χ1v) is 5.52. The van der Waals surface area contributed by atoms with Crippen molar-refractivity contribution in [1.82, 2.24) is 0 Å². The summed E-state index contributed by atoms with van der Waals surface area (Å²) in [5.74, 6) is 0.818. The number of methoxy groups -OCH3 is 1. The molecule has 0 unspecified atom stereocenters. The molecule has 17 heavy (non-hydrogen) atoms. The van der Waals surface area contributed by atoms with Gasteiger partial charge in [0, 0.05) is 6.61 Å². The average molecular weight is 235 g/mol. The van der Waals surface area contributed by atoms with Crippen molar-refractivity contribution in [2.24, 2.45) is 0 Å². The van der Waals surface area contributed by atoms with Gasteiger partial charge in [-0.25, -0.2) is 0 Å². The molecule has 1 atom stereocenters. The topological polar surface area (TPSA) is 62.5 Å². The molecule has 0 radical (unpaired) electrons. The maximum atomic E-state index is 9.30. The van der Waals surface area contributed by atoms with Crippen molar-refractivity contribution in [1.29, 1.82) is 5.26 Å². The van der Waals surface area contributed by atoms with E-state index in [-0.39, 0.29) is 6.42 Å². The fraction of sp³-hybridized carbons (Fsp3) is 0.462. The standard InChI is InChI=1S/C13H17NO3/c1-16-13-4-2-11(3-5-13)10-17-9-7-12(15)6-8-14/h2-5,12,15H,6-7,9-10H2,1H3/t12-/m1/s1. The second-order valence-corrected chi connectivity index (χ2v) is 3.71. The van der Waals surface area contributed by atoms with Crippen molar-refractivity contribution in [2.45, 2.75) is 25.6 Å². The van der Waals surface area contributed by atoms with Gasteiger partial charge in [-0.1, -0.05) is 12.1 Å². The highest BCUT2D eigenvalue weighted by Crippen LogP contribution is 2.12. The molecule has 0 fully saturated rings. The van der Waals surface area contributed by atoms with E-state index < -0.39 is 6.10 Å². The Morgan fingerprint density at radius 3 is 2.65 bits per heavy atom. The van der Waals surface area contributed by atoms with Gasteiger partial charge in [0.2, 0.25) is 0 Å². The Bertz CT molecular complexity index is 356. The van der Waals surface area contributed by atoms with Gasteiger partial charge in [0.1, 0.15) is 5.75 Å². The lowest BCUT2D eigenvalue weighted by Crippen LogP contribution is -2.09. The molecule has 0 aliphatic rings. The summed E-state index contributed by atoms with van der Waals surface area (Å²) >= 11 is 0. The largest absolute Gasteiger partial charge is 0.497 e. The van der Waals surface area contributed by atoms with Crippen LogP contribution in [0.2, 0.25) is 0 Å². The van der Waals surface area contributed by atoms with E-state index in [1.807, 2.05) is 30.3 Å². The molecule has 1 aromatic rings. The first kappa shape index (κ1) is 13.5. The molecule has 0 aliphatic heterocycles. The first-order valence-electron chi connectivity index (χ1n) is 5.52. The molecule has 0 aliphatic carbocycles.